The van der Waals surface area contributed by atoms with Crippen LogP contribution < -0.4 is 26.0 Å². The van der Waals surface area contributed by atoms with E-state index in [0.717, 1.165) is 13.8 Å². The molecule has 0 aliphatic carbocycles. The average Bonchev–Trinajstić information content (AvgIpc) is 3.24. The fraction of sp³-hybridized carbons (Fsp3) is 0.217. The number of rotatable bonds is 18. The van der Waals surface area contributed by atoms with Gasteiger partial charge in [0.05, 0.1) is 27.8 Å². The van der Waals surface area contributed by atoms with Crippen molar-refractivity contribution in [1.29, 1.82) is 0 Å². The fourth-order valence-corrected chi connectivity index (χ4v) is 7.04. The van der Waals surface area contributed by atoms with E-state index in [-0.39, 0.29) is 60.4 Å². The molecule has 5 unspecified atom stereocenters. The summed E-state index contributed by atoms with van der Waals surface area (Å²) in [5.74, 6) is -4.20. The molecule has 5 aromatic carbocycles. The van der Waals surface area contributed by atoms with Crippen LogP contribution in [0, 0.1) is 0 Å². The normalized spacial score (nSPS) is 13.5. The van der Waals surface area contributed by atoms with E-state index >= 15 is 0 Å². The molecule has 0 fully saturated rings. The van der Waals surface area contributed by atoms with Gasteiger partial charge in [0.2, 0.25) is 12.1 Å². The van der Waals surface area contributed by atoms with Crippen LogP contribution in [0.5, 0.6) is 5.75 Å². The van der Waals surface area contributed by atoms with Crippen LogP contribution in [0.4, 0.5) is 34.1 Å². The molecule has 0 saturated carbocycles. The van der Waals surface area contributed by atoms with Crippen LogP contribution in [0.25, 0.3) is 0 Å². The molecule has 0 saturated heterocycles. The molecule has 0 radical (unpaired) electrons. The van der Waals surface area contributed by atoms with Crippen molar-refractivity contribution >= 4 is 127 Å². The second-order valence-electron chi connectivity index (χ2n) is 14.5. The maximum atomic E-state index is 13.5. The molecule has 0 bridgehead atoms. The zero-order chi connectivity index (χ0) is 48.2. The van der Waals surface area contributed by atoms with Gasteiger partial charge < -0.3 is 26.0 Å². The van der Waals surface area contributed by atoms with Crippen LogP contribution in [-0.2, 0) is 19.2 Å². The smallest absolute Gasteiger partial charge is 0.258 e. The number of nitrogens with one attached hydrogen (secondary N) is 4. The molecular formula is C46H41Cl5N8O7. The molecular weight excluding hydrogens is 954 g/mol. The van der Waals surface area contributed by atoms with E-state index in [2.05, 4.69) is 41.7 Å². The van der Waals surface area contributed by atoms with Crippen molar-refractivity contribution in [1.82, 2.24) is 0 Å². The molecule has 4 N–H and O–H groups in total. The first-order valence-electron chi connectivity index (χ1n) is 19.9. The van der Waals surface area contributed by atoms with Crippen LogP contribution in [-0.4, -0.2) is 52.8 Å². The first-order valence-corrected chi connectivity index (χ1v) is 21.9. The zero-order valence-electron chi connectivity index (χ0n) is 35.7. The minimum absolute atomic E-state index is 0.0319. The van der Waals surface area contributed by atoms with Gasteiger partial charge >= 0.3 is 0 Å². The lowest BCUT2D eigenvalue weighted by molar-refractivity contribution is -0.127. The number of ether oxygens (including phenoxy) is 1. The number of amides is 4. The standard InChI is InChI=1S/C46H41Cl5N8O7/c1-23(47)35-10-6-8-12-37(35)53-43(62)28-16-30(50)20-33(18-28)56-58-41(25(3)60)45(64)52-32-14-15-39(40(22-32)66-27(5)49)55-46(65)42(26(4)61)59-57-34-19-29(17-31(51)21-34)44(63)54-38-13-9-7-11-36(38)24(2)48/h6-24,27,41-42H,1-5H3,(H,52,64)(H,53,62)(H,54,63)(H,55,65). The summed E-state index contributed by atoms with van der Waals surface area (Å²) in [6.07, 6.45) is 0. The van der Waals surface area contributed by atoms with Gasteiger partial charge in [0.25, 0.3) is 23.6 Å². The molecule has 0 aliphatic rings. The Morgan fingerprint density at radius 2 is 0.970 bits per heavy atom. The molecule has 15 nitrogen and oxygen atoms in total. The van der Waals surface area contributed by atoms with E-state index in [1.807, 2.05) is 0 Å². The number of para-hydroxylation sites is 2. The molecule has 0 heterocycles. The molecule has 5 atom stereocenters. The topological polar surface area (TPSA) is 209 Å². The molecule has 0 aliphatic heterocycles. The molecule has 342 valence electrons. The highest BCUT2D eigenvalue weighted by molar-refractivity contribution is 6.32. The van der Waals surface area contributed by atoms with Crippen molar-refractivity contribution in [3.8, 4) is 5.75 Å². The predicted octanol–water partition coefficient (Wildman–Crippen LogP) is 12.4. The van der Waals surface area contributed by atoms with Gasteiger partial charge in [0, 0.05) is 44.3 Å². The van der Waals surface area contributed by atoms with Gasteiger partial charge in [0.1, 0.15) is 5.75 Å². The summed E-state index contributed by atoms with van der Waals surface area (Å²) in [6.45, 7) is 7.33. The summed E-state index contributed by atoms with van der Waals surface area (Å²) in [7, 11) is 0. The van der Waals surface area contributed by atoms with Crippen molar-refractivity contribution in [2.75, 3.05) is 21.3 Å². The monoisotopic (exact) mass is 992 g/mol. The van der Waals surface area contributed by atoms with E-state index in [1.54, 1.807) is 62.4 Å². The lowest BCUT2D eigenvalue weighted by Crippen LogP contribution is -2.32. The number of hydrogen-bond donors (Lipinski definition) is 4. The van der Waals surface area contributed by atoms with Crippen molar-refractivity contribution in [3.05, 3.63) is 135 Å². The number of azo groups is 2. The molecule has 66 heavy (non-hydrogen) atoms. The van der Waals surface area contributed by atoms with E-state index in [4.69, 9.17) is 62.7 Å². The summed E-state index contributed by atoms with van der Waals surface area (Å²) in [5.41, 5.74) is 2.01. The van der Waals surface area contributed by atoms with E-state index in [0.29, 0.717) is 22.5 Å². The molecule has 5 rings (SSSR count). The molecule has 0 spiro atoms. The Morgan fingerprint density at radius 3 is 1.39 bits per heavy atom. The summed E-state index contributed by atoms with van der Waals surface area (Å²) in [6, 6.07) is 23.2. The van der Waals surface area contributed by atoms with Gasteiger partial charge in [-0.15, -0.1) is 23.2 Å². The van der Waals surface area contributed by atoms with E-state index < -0.39 is 52.8 Å². The Hall–Kier alpha value is -6.23. The minimum atomic E-state index is -1.66. The number of carbonyl (C=O) groups is 6. The Balaban J connectivity index is 1.30. The third-order valence-corrected chi connectivity index (χ3v) is 10.2. The van der Waals surface area contributed by atoms with Gasteiger partial charge in [-0.2, -0.15) is 20.5 Å². The fourth-order valence-electron chi connectivity index (χ4n) is 6.10. The number of halogens is 5. The number of anilines is 4. The Morgan fingerprint density at radius 1 is 0.530 bits per heavy atom. The number of benzene rings is 5. The van der Waals surface area contributed by atoms with Gasteiger partial charge in [-0.3, -0.25) is 28.8 Å². The van der Waals surface area contributed by atoms with Crippen molar-refractivity contribution in [2.24, 2.45) is 20.5 Å². The third kappa shape index (κ3) is 14.1. The number of carbonyl (C=O) groups excluding carboxylic acids is 6. The van der Waals surface area contributed by atoms with Crippen LogP contribution >= 0.6 is 58.0 Å². The Labute approximate surface area is 404 Å². The van der Waals surface area contributed by atoms with Gasteiger partial charge in [0.15, 0.2) is 17.1 Å². The van der Waals surface area contributed by atoms with Crippen LogP contribution in [0.15, 0.2) is 124 Å². The first kappa shape index (κ1) is 50.8. The largest absolute Gasteiger partial charge is 0.473 e. The van der Waals surface area contributed by atoms with Crippen molar-refractivity contribution < 1.29 is 33.5 Å². The predicted molar refractivity (Wildman–Crippen MR) is 258 cm³/mol. The molecule has 0 aromatic heterocycles. The number of Topliss-reactive ketones (excluding diaryl/α,β-unsaturated/α-hetero) is 2. The number of nitrogens with zero attached hydrogens (tertiary/aromatic N) is 4. The molecule has 5 aromatic rings. The summed E-state index contributed by atoms with van der Waals surface area (Å²) in [4.78, 5) is 78.7. The lowest BCUT2D eigenvalue weighted by Gasteiger charge is -2.17. The van der Waals surface area contributed by atoms with Crippen LogP contribution in [0.3, 0.4) is 0 Å². The highest BCUT2D eigenvalue weighted by Gasteiger charge is 2.27. The van der Waals surface area contributed by atoms with Gasteiger partial charge in [-0.1, -0.05) is 71.2 Å². The first-order chi connectivity index (χ1) is 31.3. The van der Waals surface area contributed by atoms with E-state index in [9.17, 15) is 28.8 Å². The minimum Gasteiger partial charge on any atom is -0.473 e. The number of alkyl halides is 3. The summed E-state index contributed by atoms with van der Waals surface area (Å²) in [5, 5.41) is 26.3. The Bertz CT molecular complexity index is 2730. The maximum Gasteiger partial charge on any atom is 0.258 e. The quantitative estimate of drug-likeness (QED) is 0.0379. The lowest BCUT2D eigenvalue weighted by atomic mass is 10.1. The van der Waals surface area contributed by atoms with Gasteiger partial charge in [-0.25, -0.2) is 0 Å². The number of ketones is 2. The van der Waals surface area contributed by atoms with E-state index in [1.165, 1.54) is 61.5 Å². The molecule has 4 amide bonds. The second-order valence-corrected chi connectivity index (χ2v) is 17.3. The van der Waals surface area contributed by atoms with Crippen LogP contribution in [0.1, 0.15) is 77.2 Å². The van der Waals surface area contributed by atoms with Crippen LogP contribution in [0.2, 0.25) is 10.0 Å². The highest BCUT2D eigenvalue weighted by atomic mass is 35.5. The third-order valence-electron chi connectivity index (χ3n) is 9.21. The van der Waals surface area contributed by atoms with Gasteiger partial charge in [-0.05, 0) is 106 Å². The number of hydrogen-bond acceptors (Lipinski definition) is 11. The maximum absolute atomic E-state index is 13.5. The zero-order valence-corrected chi connectivity index (χ0v) is 39.5. The average molecular weight is 995 g/mol. The van der Waals surface area contributed by atoms with Crippen molar-refractivity contribution in [3.63, 3.8) is 0 Å². The van der Waals surface area contributed by atoms with Crippen molar-refractivity contribution in [2.45, 2.75) is 63.0 Å². The SMILES string of the molecule is CC(=O)C(N=Nc1cc(Cl)cc(C(=O)Nc2ccccc2C(C)Cl)c1)C(=O)Nc1ccc(NC(=O)C(N=Nc2cc(Cl)cc(C(=O)Nc3ccccc3C(C)Cl)c2)C(C)=O)c(OC(C)Cl)c1. The molecule has 20 heteroatoms. The Kier molecular flexibility index (Phi) is 17.9. The summed E-state index contributed by atoms with van der Waals surface area (Å²) >= 11 is 31.3. The highest BCUT2D eigenvalue weighted by Crippen LogP contribution is 2.33. The summed E-state index contributed by atoms with van der Waals surface area (Å²) < 4.78 is 5.70. The second kappa shape index (κ2) is 23.3.